The van der Waals surface area contributed by atoms with E-state index >= 15 is 0 Å². The molecule has 1 heterocycles. The Morgan fingerprint density at radius 2 is 1.68 bits per heavy atom. The van der Waals surface area contributed by atoms with E-state index in [1.807, 2.05) is 0 Å². The lowest BCUT2D eigenvalue weighted by molar-refractivity contribution is -0.143. The van der Waals surface area contributed by atoms with E-state index < -0.39 is 48.0 Å². The third-order valence-electron chi connectivity index (χ3n) is 3.99. The Hall–Kier alpha value is -2.56. The van der Waals surface area contributed by atoms with Crippen LogP contribution >= 0.6 is 0 Å². The van der Waals surface area contributed by atoms with E-state index in [4.69, 9.17) is 5.11 Å². The van der Waals surface area contributed by atoms with Crippen LogP contribution < -0.4 is 0 Å². The van der Waals surface area contributed by atoms with Crippen molar-refractivity contribution in [1.82, 2.24) is 14.5 Å². The lowest BCUT2D eigenvalue weighted by Gasteiger charge is -2.22. The van der Waals surface area contributed by atoms with Crippen molar-refractivity contribution >= 4 is 5.91 Å². The molecule has 1 aromatic carbocycles. The Kier molecular flexibility index (Phi) is 6.37. The zero-order chi connectivity index (χ0) is 21.1. The first-order valence-corrected chi connectivity index (χ1v) is 8.04. The Morgan fingerprint density at radius 1 is 1.11 bits per heavy atom. The number of aromatic nitrogens is 2. The number of aliphatic hydroxyl groups is 1. The van der Waals surface area contributed by atoms with E-state index in [1.165, 1.54) is 12.5 Å². The van der Waals surface area contributed by atoms with Gasteiger partial charge >= 0.3 is 12.4 Å². The first kappa shape index (κ1) is 21.7. The molecule has 0 spiro atoms. The predicted molar refractivity (Wildman–Crippen MR) is 85.9 cm³/mol. The van der Waals surface area contributed by atoms with E-state index in [0.717, 1.165) is 4.90 Å². The number of hydrogen-bond donors (Lipinski definition) is 1. The van der Waals surface area contributed by atoms with Crippen molar-refractivity contribution in [2.75, 3.05) is 13.2 Å². The second-order valence-corrected chi connectivity index (χ2v) is 6.13. The number of aryl methyl sites for hydroxylation is 1. The van der Waals surface area contributed by atoms with E-state index in [0.29, 0.717) is 17.8 Å². The largest absolute Gasteiger partial charge is 0.416 e. The number of halogens is 6. The zero-order valence-corrected chi connectivity index (χ0v) is 14.7. The number of benzene rings is 1. The first-order valence-electron chi connectivity index (χ1n) is 8.04. The molecule has 2 rings (SSSR count). The monoisotopic (exact) mass is 409 g/mol. The standard InChI is InChI=1S/C17H17F6N3O2/c1-25-10-24-8-14(25)9-26(2-3-27)15(28)6-11-4-12(16(18,19)20)7-13(5-11)17(21,22)23/h4-5,7-8,10,27H,2-3,6,9H2,1H3. The molecule has 0 saturated heterocycles. The Balaban J connectivity index is 2.30. The van der Waals surface area contributed by atoms with Crippen LogP contribution in [0.2, 0.25) is 0 Å². The molecule has 1 aromatic heterocycles. The number of carbonyl (C=O) groups excluding carboxylic acids is 1. The number of nitrogens with zero attached hydrogens (tertiary/aromatic N) is 3. The van der Waals surface area contributed by atoms with Crippen LogP contribution in [0.4, 0.5) is 26.3 Å². The summed E-state index contributed by atoms with van der Waals surface area (Å²) in [6.45, 7) is -0.546. The number of amides is 1. The lowest BCUT2D eigenvalue weighted by atomic mass is 10.0. The summed E-state index contributed by atoms with van der Waals surface area (Å²) < 4.78 is 79.3. The predicted octanol–water partition coefficient (Wildman–Crippen LogP) is 3.02. The topological polar surface area (TPSA) is 58.4 Å². The van der Waals surface area contributed by atoms with E-state index in [-0.39, 0.29) is 19.2 Å². The highest BCUT2D eigenvalue weighted by molar-refractivity contribution is 5.79. The first-order chi connectivity index (χ1) is 12.9. The summed E-state index contributed by atoms with van der Waals surface area (Å²) in [6, 6.07) is 1.05. The molecule has 1 amide bonds. The van der Waals surface area contributed by atoms with Crippen molar-refractivity contribution < 1.29 is 36.2 Å². The van der Waals surface area contributed by atoms with Gasteiger partial charge in [0.1, 0.15) is 0 Å². The molecule has 154 valence electrons. The minimum atomic E-state index is -4.99. The van der Waals surface area contributed by atoms with Crippen LogP contribution in [-0.4, -0.2) is 38.6 Å². The van der Waals surface area contributed by atoms with Gasteiger partial charge < -0.3 is 14.6 Å². The summed E-state index contributed by atoms with van der Waals surface area (Å²) in [5.74, 6) is -0.720. The van der Waals surface area contributed by atoms with Gasteiger partial charge in [-0.05, 0) is 23.8 Å². The van der Waals surface area contributed by atoms with Crippen molar-refractivity contribution in [2.24, 2.45) is 7.05 Å². The average molecular weight is 409 g/mol. The van der Waals surface area contributed by atoms with Gasteiger partial charge in [0.2, 0.25) is 5.91 Å². The molecule has 0 bridgehead atoms. The van der Waals surface area contributed by atoms with Crippen LogP contribution in [0, 0.1) is 0 Å². The highest BCUT2D eigenvalue weighted by Gasteiger charge is 2.37. The number of aliphatic hydroxyl groups excluding tert-OH is 1. The summed E-state index contributed by atoms with van der Waals surface area (Å²) in [5.41, 5.74) is -2.79. The molecule has 0 radical (unpaired) electrons. The molecule has 0 unspecified atom stereocenters. The number of hydrogen-bond acceptors (Lipinski definition) is 3. The molecule has 0 aliphatic carbocycles. The fourth-order valence-electron chi connectivity index (χ4n) is 2.55. The van der Waals surface area contributed by atoms with Gasteiger partial charge in [-0.15, -0.1) is 0 Å². The van der Waals surface area contributed by atoms with Crippen LogP contribution in [0.1, 0.15) is 22.4 Å². The summed E-state index contributed by atoms with van der Waals surface area (Å²) >= 11 is 0. The third-order valence-corrected chi connectivity index (χ3v) is 3.99. The number of imidazole rings is 1. The van der Waals surface area contributed by atoms with Crippen molar-refractivity contribution in [1.29, 1.82) is 0 Å². The highest BCUT2D eigenvalue weighted by atomic mass is 19.4. The second-order valence-electron chi connectivity index (χ2n) is 6.13. The van der Waals surface area contributed by atoms with Gasteiger partial charge in [-0.1, -0.05) is 0 Å². The molecule has 5 nitrogen and oxygen atoms in total. The van der Waals surface area contributed by atoms with Crippen LogP contribution in [0.25, 0.3) is 0 Å². The normalized spacial score (nSPS) is 12.3. The van der Waals surface area contributed by atoms with Gasteiger partial charge in [0.05, 0.1) is 42.7 Å². The maximum Gasteiger partial charge on any atom is 0.416 e. The molecule has 1 N–H and O–H groups in total. The molecule has 0 fully saturated rings. The Morgan fingerprint density at radius 3 is 2.11 bits per heavy atom. The quantitative estimate of drug-likeness (QED) is 0.747. The van der Waals surface area contributed by atoms with E-state index in [9.17, 15) is 31.1 Å². The molecule has 0 aliphatic heterocycles. The summed E-state index contributed by atoms with van der Waals surface area (Å²) in [4.78, 5) is 17.5. The van der Waals surface area contributed by atoms with Crippen LogP contribution in [0.15, 0.2) is 30.7 Å². The minimum absolute atomic E-state index is 0.000975. The van der Waals surface area contributed by atoms with Gasteiger partial charge in [0.15, 0.2) is 0 Å². The van der Waals surface area contributed by atoms with E-state index in [2.05, 4.69) is 4.98 Å². The minimum Gasteiger partial charge on any atom is -0.395 e. The van der Waals surface area contributed by atoms with Gasteiger partial charge in [0.25, 0.3) is 0 Å². The molecule has 28 heavy (non-hydrogen) atoms. The summed E-state index contributed by atoms with van der Waals surface area (Å²) in [7, 11) is 1.66. The average Bonchev–Trinajstić information content (AvgIpc) is 2.97. The molecule has 11 heteroatoms. The molecular formula is C17H17F6N3O2. The van der Waals surface area contributed by atoms with Gasteiger partial charge in [0, 0.05) is 19.8 Å². The summed E-state index contributed by atoms with van der Waals surface area (Å²) in [6.07, 6.45) is -7.72. The maximum absolute atomic E-state index is 12.9. The van der Waals surface area contributed by atoms with Crippen LogP contribution in [0.3, 0.4) is 0 Å². The Labute approximate surface area is 156 Å². The number of carbonyl (C=O) groups is 1. The van der Waals surface area contributed by atoms with Crippen molar-refractivity contribution in [3.63, 3.8) is 0 Å². The molecule has 0 aliphatic rings. The third kappa shape index (κ3) is 5.47. The molecule has 0 saturated carbocycles. The van der Waals surface area contributed by atoms with Crippen molar-refractivity contribution in [2.45, 2.75) is 25.3 Å². The highest BCUT2D eigenvalue weighted by Crippen LogP contribution is 2.36. The number of alkyl halides is 6. The fraction of sp³-hybridized carbons (Fsp3) is 0.412. The number of rotatable bonds is 6. The maximum atomic E-state index is 12.9. The second kappa shape index (κ2) is 8.21. The smallest absolute Gasteiger partial charge is 0.395 e. The zero-order valence-electron chi connectivity index (χ0n) is 14.7. The Bertz CT molecular complexity index is 797. The van der Waals surface area contributed by atoms with Crippen molar-refractivity contribution in [3.8, 4) is 0 Å². The van der Waals surface area contributed by atoms with Crippen LogP contribution in [0.5, 0.6) is 0 Å². The van der Waals surface area contributed by atoms with Gasteiger partial charge in [-0.2, -0.15) is 26.3 Å². The SMILES string of the molecule is Cn1cncc1CN(CCO)C(=O)Cc1cc(C(F)(F)F)cc(C(F)(F)F)c1. The molecule has 2 aromatic rings. The molecule has 0 atom stereocenters. The molecular weight excluding hydrogens is 392 g/mol. The van der Waals surface area contributed by atoms with E-state index in [1.54, 1.807) is 11.6 Å². The van der Waals surface area contributed by atoms with Crippen molar-refractivity contribution in [3.05, 3.63) is 53.1 Å². The summed E-state index contributed by atoms with van der Waals surface area (Å²) in [5, 5.41) is 9.14. The fourth-order valence-corrected chi connectivity index (χ4v) is 2.55. The van der Waals surface area contributed by atoms with Gasteiger partial charge in [-0.3, -0.25) is 4.79 Å². The van der Waals surface area contributed by atoms with Crippen LogP contribution in [-0.2, 0) is 37.2 Å². The van der Waals surface area contributed by atoms with Gasteiger partial charge in [-0.25, -0.2) is 4.98 Å². The lowest BCUT2D eigenvalue weighted by Crippen LogP contribution is -2.35.